The first kappa shape index (κ1) is 38.7. The van der Waals surface area contributed by atoms with Crippen LogP contribution in [0.15, 0.2) is 152 Å². The van der Waals surface area contributed by atoms with Gasteiger partial charge >= 0.3 is 17.9 Å². The highest BCUT2D eigenvalue weighted by Crippen LogP contribution is 2.36. The van der Waals surface area contributed by atoms with Crippen LogP contribution >= 0.6 is 0 Å². The van der Waals surface area contributed by atoms with Crippen molar-refractivity contribution < 1.29 is 47.8 Å². The second-order valence-corrected chi connectivity index (χ2v) is 11.6. The minimum atomic E-state index is -0.890. The van der Waals surface area contributed by atoms with E-state index in [9.17, 15) is 14.4 Å². The molecule has 10 heteroatoms. The number of carbonyl (C=O) groups excluding carboxylic acids is 3. The Morgan fingerprint density at radius 3 is 1.83 bits per heavy atom. The second kappa shape index (κ2) is 20.5. The Bertz CT molecular complexity index is 1960. The summed E-state index contributed by atoms with van der Waals surface area (Å²) < 4.78 is 27.4. The van der Waals surface area contributed by atoms with Gasteiger partial charge < -0.3 is 23.7 Å². The molecule has 276 valence electrons. The summed E-state index contributed by atoms with van der Waals surface area (Å²) in [5.41, 5.74) is 2.96. The molecule has 0 spiro atoms. The molecule has 54 heavy (non-hydrogen) atoms. The normalized spacial score (nSPS) is 11.9. The van der Waals surface area contributed by atoms with Crippen LogP contribution in [0.3, 0.4) is 0 Å². The van der Waals surface area contributed by atoms with E-state index in [1.807, 2.05) is 91.0 Å². The van der Waals surface area contributed by atoms with Gasteiger partial charge in [0.25, 0.3) is 0 Å². The van der Waals surface area contributed by atoms with E-state index < -0.39 is 30.1 Å². The largest absolute Gasteiger partial charge is 0.497 e. The standard InChI is InChI=1S/C44H40O10/c1-3-40(45)50-30-11-29-49-38-23-17-32(18-24-38)12-10-31-51-54-42(34-15-8-5-9-16-34)41(33-13-6-4-7-14-33)53-44(47)36-21-27-39(28-22-36)52-43(46)35-19-25-37(48-2)26-20-35/h3-10,12-28,41-42H,1,11,29-31H2,2H3/b12-10+/t41-,42-/m0/s1. The van der Waals surface area contributed by atoms with Crippen molar-refractivity contribution in [3.05, 3.63) is 180 Å². The summed E-state index contributed by atoms with van der Waals surface area (Å²) in [5.74, 6) is -0.0252. The lowest BCUT2D eigenvalue weighted by molar-refractivity contribution is -0.335. The molecule has 0 amide bonds. The SMILES string of the molecule is C=CC(=O)OCCCOc1ccc(/C=C/COO[C@@H](c2ccccc2)[C@@H](OC(=O)c2ccc(OC(=O)c3ccc(OC)cc3)cc2)c2ccccc2)cc1. The van der Waals surface area contributed by atoms with Crippen molar-refractivity contribution in [1.29, 1.82) is 0 Å². The predicted octanol–water partition coefficient (Wildman–Crippen LogP) is 8.71. The molecule has 0 aliphatic carbocycles. The maximum Gasteiger partial charge on any atom is 0.343 e. The Labute approximate surface area is 314 Å². The van der Waals surface area contributed by atoms with Crippen LogP contribution in [0.25, 0.3) is 6.08 Å². The van der Waals surface area contributed by atoms with E-state index in [-0.39, 0.29) is 24.5 Å². The summed E-state index contributed by atoms with van der Waals surface area (Å²) in [5, 5.41) is 0. The van der Waals surface area contributed by atoms with Crippen molar-refractivity contribution in [2.45, 2.75) is 18.6 Å². The van der Waals surface area contributed by atoms with Crippen molar-refractivity contribution in [2.24, 2.45) is 0 Å². The number of ether oxygens (including phenoxy) is 5. The van der Waals surface area contributed by atoms with Gasteiger partial charge in [0.1, 0.15) is 23.9 Å². The van der Waals surface area contributed by atoms with Crippen LogP contribution in [0.2, 0.25) is 0 Å². The minimum absolute atomic E-state index is 0.108. The number of benzene rings is 5. The van der Waals surface area contributed by atoms with E-state index in [2.05, 4.69) is 6.58 Å². The highest BCUT2D eigenvalue weighted by Gasteiger charge is 2.31. The average Bonchev–Trinajstić information content (AvgIpc) is 3.22. The zero-order valence-electron chi connectivity index (χ0n) is 29.7. The van der Waals surface area contributed by atoms with Crippen LogP contribution in [0.1, 0.15) is 56.0 Å². The van der Waals surface area contributed by atoms with E-state index in [4.69, 9.17) is 33.5 Å². The number of hydrogen-bond donors (Lipinski definition) is 0. The minimum Gasteiger partial charge on any atom is -0.497 e. The second-order valence-electron chi connectivity index (χ2n) is 11.6. The van der Waals surface area contributed by atoms with E-state index in [0.717, 1.165) is 17.2 Å². The number of methoxy groups -OCH3 is 1. The van der Waals surface area contributed by atoms with Gasteiger partial charge in [-0.1, -0.05) is 91.5 Å². The van der Waals surface area contributed by atoms with Crippen LogP contribution in [-0.4, -0.2) is 44.8 Å². The summed E-state index contributed by atoms with van der Waals surface area (Å²) in [7, 11) is 1.55. The van der Waals surface area contributed by atoms with Gasteiger partial charge in [0.05, 0.1) is 31.5 Å². The fraction of sp³-hybridized carbons (Fsp3) is 0.159. The monoisotopic (exact) mass is 728 g/mol. The Morgan fingerprint density at radius 2 is 1.22 bits per heavy atom. The van der Waals surface area contributed by atoms with Gasteiger partial charge in [-0.05, 0) is 77.4 Å². The highest BCUT2D eigenvalue weighted by atomic mass is 17.2. The summed E-state index contributed by atoms with van der Waals surface area (Å²) in [4.78, 5) is 49.0. The molecule has 0 aromatic heterocycles. The molecule has 0 radical (unpaired) electrons. The molecule has 0 heterocycles. The van der Waals surface area contributed by atoms with Gasteiger partial charge in [0, 0.05) is 12.5 Å². The first-order chi connectivity index (χ1) is 26.4. The molecule has 5 rings (SSSR count). The third-order valence-electron chi connectivity index (χ3n) is 7.89. The molecule has 5 aromatic carbocycles. The molecule has 0 N–H and O–H groups in total. The van der Waals surface area contributed by atoms with Crippen molar-refractivity contribution >= 4 is 24.0 Å². The molecular formula is C44H40O10. The van der Waals surface area contributed by atoms with Gasteiger partial charge in [-0.3, -0.25) is 0 Å². The van der Waals surface area contributed by atoms with Gasteiger partial charge in [-0.2, -0.15) is 0 Å². The molecule has 5 aromatic rings. The molecule has 0 unspecified atom stereocenters. The number of hydrogen-bond acceptors (Lipinski definition) is 10. The van der Waals surface area contributed by atoms with Crippen molar-refractivity contribution in [3.63, 3.8) is 0 Å². The summed E-state index contributed by atoms with van der Waals surface area (Å²) in [6, 6.07) is 38.8. The summed E-state index contributed by atoms with van der Waals surface area (Å²) in [6.45, 7) is 4.14. The fourth-order valence-corrected chi connectivity index (χ4v) is 5.10. The number of carbonyl (C=O) groups is 3. The quantitative estimate of drug-likeness (QED) is 0.0204. The first-order valence-electron chi connectivity index (χ1n) is 17.2. The Kier molecular flexibility index (Phi) is 14.7. The van der Waals surface area contributed by atoms with Crippen LogP contribution in [0.4, 0.5) is 0 Å². The molecule has 10 nitrogen and oxygen atoms in total. The molecule has 0 saturated carbocycles. The molecule has 0 aliphatic heterocycles. The van der Waals surface area contributed by atoms with E-state index in [0.29, 0.717) is 35.7 Å². The lowest BCUT2D eigenvalue weighted by atomic mass is 9.98. The summed E-state index contributed by atoms with van der Waals surface area (Å²) in [6.07, 6.45) is 3.66. The topological polar surface area (TPSA) is 116 Å². The summed E-state index contributed by atoms with van der Waals surface area (Å²) >= 11 is 0. The highest BCUT2D eigenvalue weighted by molar-refractivity contribution is 5.92. The molecule has 0 bridgehead atoms. The zero-order valence-corrected chi connectivity index (χ0v) is 29.7. The third kappa shape index (κ3) is 11.8. The fourth-order valence-electron chi connectivity index (χ4n) is 5.10. The Morgan fingerprint density at radius 1 is 0.648 bits per heavy atom. The van der Waals surface area contributed by atoms with Crippen LogP contribution < -0.4 is 14.2 Å². The average molecular weight is 729 g/mol. The molecule has 2 atom stereocenters. The molecule has 0 aliphatic rings. The van der Waals surface area contributed by atoms with Crippen LogP contribution in [0, 0.1) is 0 Å². The molecular weight excluding hydrogens is 688 g/mol. The van der Waals surface area contributed by atoms with Gasteiger partial charge in [-0.15, -0.1) is 0 Å². The first-order valence-corrected chi connectivity index (χ1v) is 17.2. The van der Waals surface area contributed by atoms with Gasteiger partial charge in [0.15, 0.2) is 12.2 Å². The predicted molar refractivity (Wildman–Crippen MR) is 202 cm³/mol. The lowest BCUT2D eigenvalue weighted by Gasteiger charge is -2.27. The van der Waals surface area contributed by atoms with E-state index >= 15 is 0 Å². The Balaban J connectivity index is 1.20. The molecule has 0 fully saturated rings. The van der Waals surface area contributed by atoms with Crippen molar-refractivity contribution in [1.82, 2.24) is 0 Å². The third-order valence-corrected chi connectivity index (χ3v) is 7.89. The van der Waals surface area contributed by atoms with Gasteiger partial charge in [0.2, 0.25) is 0 Å². The zero-order chi connectivity index (χ0) is 38.0. The van der Waals surface area contributed by atoms with Gasteiger partial charge in [-0.25, -0.2) is 24.2 Å². The smallest absolute Gasteiger partial charge is 0.343 e. The Hall–Kier alpha value is -6.49. The van der Waals surface area contributed by atoms with Crippen LogP contribution in [0.5, 0.6) is 17.2 Å². The van der Waals surface area contributed by atoms with E-state index in [1.165, 1.54) is 24.3 Å². The number of esters is 3. The maximum absolute atomic E-state index is 13.6. The lowest BCUT2D eigenvalue weighted by Crippen LogP contribution is -2.21. The maximum atomic E-state index is 13.6. The van der Waals surface area contributed by atoms with Crippen LogP contribution in [-0.2, 0) is 24.0 Å². The van der Waals surface area contributed by atoms with Crippen molar-refractivity contribution in [3.8, 4) is 17.2 Å². The van der Waals surface area contributed by atoms with E-state index in [1.54, 1.807) is 37.5 Å². The number of rotatable bonds is 19. The van der Waals surface area contributed by atoms with Crippen molar-refractivity contribution in [2.75, 3.05) is 26.9 Å². The molecule has 0 saturated heterocycles.